The second kappa shape index (κ2) is 5.67. The molecule has 2 N–H and O–H groups in total. The first kappa shape index (κ1) is 13.3. The fourth-order valence-electron chi connectivity index (χ4n) is 2.42. The number of benzene rings is 1. The van der Waals surface area contributed by atoms with Gasteiger partial charge in [0.25, 0.3) is 0 Å². The van der Waals surface area contributed by atoms with Gasteiger partial charge in [0.15, 0.2) is 0 Å². The SMILES string of the molecule is CCN1CCN(c2cc(C)ccc2C(N)=S)CC1. The van der Waals surface area contributed by atoms with Crippen LogP contribution in [0.2, 0.25) is 0 Å². The molecule has 1 fully saturated rings. The fourth-order valence-corrected chi connectivity index (χ4v) is 2.59. The molecule has 1 aromatic carbocycles. The highest BCUT2D eigenvalue weighted by Crippen LogP contribution is 2.23. The lowest BCUT2D eigenvalue weighted by Gasteiger charge is -2.36. The maximum Gasteiger partial charge on any atom is 0.106 e. The van der Waals surface area contributed by atoms with Crippen molar-refractivity contribution in [1.29, 1.82) is 0 Å². The molecule has 0 unspecified atom stereocenters. The maximum absolute atomic E-state index is 5.82. The molecular formula is C14H21N3S. The summed E-state index contributed by atoms with van der Waals surface area (Å²) in [5, 5.41) is 0. The lowest BCUT2D eigenvalue weighted by Crippen LogP contribution is -2.46. The predicted octanol–water partition coefficient (Wildman–Crippen LogP) is 1.77. The Kier molecular flexibility index (Phi) is 4.19. The molecule has 0 atom stereocenters. The fraction of sp³-hybridized carbons (Fsp3) is 0.500. The minimum Gasteiger partial charge on any atom is -0.389 e. The molecule has 2 rings (SSSR count). The molecule has 4 heteroatoms. The molecule has 0 aromatic heterocycles. The zero-order valence-corrected chi connectivity index (χ0v) is 12.0. The van der Waals surface area contributed by atoms with Crippen LogP contribution < -0.4 is 10.6 Å². The Morgan fingerprint density at radius 2 is 1.94 bits per heavy atom. The summed E-state index contributed by atoms with van der Waals surface area (Å²) < 4.78 is 0. The Labute approximate surface area is 115 Å². The molecule has 1 aliphatic heterocycles. The summed E-state index contributed by atoms with van der Waals surface area (Å²) in [6.07, 6.45) is 0. The van der Waals surface area contributed by atoms with E-state index in [-0.39, 0.29) is 0 Å². The number of nitrogens with zero attached hydrogens (tertiary/aromatic N) is 2. The number of hydrogen-bond acceptors (Lipinski definition) is 3. The van der Waals surface area contributed by atoms with Gasteiger partial charge in [-0.1, -0.05) is 25.2 Å². The Morgan fingerprint density at radius 3 is 2.50 bits per heavy atom. The molecule has 1 saturated heterocycles. The topological polar surface area (TPSA) is 32.5 Å². The van der Waals surface area contributed by atoms with Crippen LogP contribution in [0.25, 0.3) is 0 Å². The van der Waals surface area contributed by atoms with Crippen molar-refractivity contribution >= 4 is 22.9 Å². The third-order valence-electron chi connectivity index (χ3n) is 3.58. The second-order valence-corrected chi connectivity index (χ2v) is 5.25. The van der Waals surface area contributed by atoms with Gasteiger partial charge < -0.3 is 15.5 Å². The van der Waals surface area contributed by atoms with Crippen molar-refractivity contribution in [3.63, 3.8) is 0 Å². The molecule has 1 aliphatic rings. The monoisotopic (exact) mass is 263 g/mol. The standard InChI is InChI=1S/C14H21N3S/c1-3-16-6-8-17(9-7-16)13-10-11(2)4-5-12(13)14(15)18/h4-5,10H,3,6-9H2,1-2H3,(H2,15,18). The number of anilines is 1. The normalized spacial score (nSPS) is 16.9. The van der Waals surface area contributed by atoms with Gasteiger partial charge in [0.2, 0.25) is 0 Å². The van der Waals surface area contributed by atoms with Crippen LogP contribution >= 0.6 is 12.2 Å². The predicted molar refractivity (Wildman–Crippen MR) is 81.4 cm³/mol. The van der Waals surface area contributed by atoms with E-state index in [0.29, 0.717) is 4.99 Å². The zero-order chi connectivity index (χ0) is 13.1. The smallest absolute Gasteiger partial charge is 0.106 e. The van der Waals surface area contributed by atoms with Crippen LogP contribution in [-0.2, 0) is 0 Å². The van der Waals surface area contributed by atoms with Crippen molar-refractivity contribution in [1.82, 2.24) is 4.90 Å². The van der Waals surface area contributed by atoms with Crippen molar-refractivity contribution in [3.8, 4) is 0 Å². The van der Waals surface area contributed by atoms with Gasteiger partial charge in [-0.25, -0.2) is 0 Å². The first-order chi connectivity index (χ1) is 8.61. The Balaban J connectivity index is 2.22. The Morgan fingerprint density at radius 1 is 1.28 bits per heavy atom. The van der Waals surface area contributed by atoms with Crippen LogP contribution in [0.5, 0.6) is 0 Å². The Bertz CT molecular complexity index is 437. The quantitative estimate of drug-likeness (QED) is 0.843. The number of rotatable bonds is 3. The van der Waals surface area contributed by atoms with Crippen molar-refractivity contribution in [2.24, 2.45) is 5.73 Å². The second-order valence-electron chi connectivity index (χ2n) is 4.81. The van der Waals surface area contributed by atoms with E-state index in [4.69, 9.17) is 18.0 Å². The minimum atomic E-state index is 0.489. The lowest BCUT2D eigenvalue weighted by atomic mass is 10.1. The molecule has 0 amide bonds. The van der Waals surface area contributed by atoms with E-state index in [1.807, 2.05) is 6.07 Å². The number of likely N-dealkylation sites (N-methyl/N-ethyl adjacent to an activating group) is 1. The maximum atomic E-state index is 5.82. The highest BCUT2D eigenvalue weighted by molar-refractivity contribution is 7.80. The van der Waals surface area contributed by atoms with Crippen LogP contribution in [-0.4, -0.2) is 42.6 Å². The first-order valence-electron chi connectivity index (χ1n) is 6.49. The molecule has 1 heterocycles. The van der Waals surface area contributed by atoms with Gasteiger partial charge in [-0.15, -0.1) is 0 Å². The highest BCUT2D eigenvalue weighted by atomic mass is 32.1. The average molecular weight is 263 g/mol. The number of piperazine rings is 1. The molecule has 1 aromatic rings. The van der Waals surface area contributed by atoms with E-state index in [1.165, 1.54) is 11.3 Å². The van der Waals surface area contributed by atoms with E-state index < -0.39 is 0 Å². The molecule has 98 valence electrons. The molecule has 3 nitrogen and oxygen atoms in total. The summed E-state index contributed by atoms with van der Waals surface area (Å²) in [5.74, 6) is 0. The van der Waals surface area contributed by atoms with Gasteiger partial charge >= 0.3 is 0 Å². The van der Waals surface area contributed by atoms with E-state index in [9.17, 15) is 0 Å². The summed E-state index contributed by atoms with van der Waals surface area (Å²) in [7, 11) is 0. The lowest BCUT2D eigenvalue weighted by molar-refractivity contribution is 0.271. The minimum absolute atomic E-state index is 0.489. The van der Waals surface area contributed by atoms with Crippen LogP contribution in [0.3, 0.4) is 0 Å². The summed E-state index contributed by atoms with van der Waals surface area (Å²) in [6.45, 7) is 9.77. The zero-order valence-electron chi connectivity index (χ0n) is 11.1. The van der Waals surface area contributed by atoms with Crippen molar-refractivity contribution in [2.75, 3.05) is 37.6 Å². The highest BCUT2D eigenvalue weighted by Gasteiger charge is 2.18. The van der Waals surface area contributed by atoms with Crippen molar-refractivity contribution in [3.05, 3.63) is 29.3 Å². The van der Waals surface area contributed by atoms with Gasteiger partial charge in [-0.05, 0) is 31.2 Å². The van der Waals surface area contributed by atoms with Gasteiger partial charge in [-0.3, -0.25) is 0 Å². The number of thiocarbonyl (C=S) groups is 1. The largest absolute Gasteiger partial charge is 0.389 e. The molecular weight excluding hydrogens is 242 g/mol. The van der Waals surface area contributed by atoms with Crippen molar-refractivity contribution in [2.45, 2.75) is 13.8 Å². The van der Waals surface area contributed by atoms with E-state index in [2.05, 4.69) is 35.8 Å². The molecule has 0 radical (unpaired) electrons. The van der Waals surface area contributed by atoms with Crippen LogP contribution in [0.15, 0.2) is 18.2 Å². The number of hydrogen-bond donors (Lipinski definition) is 1. The first-order valence-corrected chi connectivity index (χ1v) is 6.90. The summed E-state index contributed by atoms with van der Waals surface area (Å²) in [4.78, 5) is 5.35. The molecule has 0 spiro atoms. The number of aryl methyl sites for hydroxylation is 1. The third-order valence-corrected chi connectivity index (χ3v) is 3.80. The molecule has 0 aliphatic carbocycles. The van der Waals surface area contributed by atoms with Gasteiger partial charge in [0, 0.05) is 37.4 Å². The third kappa shape index (κ3) is 2.82. The van der Waals surface area contributed by atoms with E-state index in [1.54, 1.807) is 0 Å². The van der Waals surface area contributed by atoms with Gasteiger partial charge in [0.05, 0.1) is 0 Å². The summed E-state index contributed by atoms with van der Waals surface area (Å²) in [6, 6.07) is 6.30. The summed E-state index contributed by atoms with van der Waals surface area (Å²) >= 11 is 5.15. The van der Waals surface area contributed by atoms with E-state index in [0.717, 1.165) is 38.3 Å². The molecule has 0 bridgehead atoms. The van der Waals surface area contributed by atoms with Gasteiger partial charge in [-0.2, -0.15) is 0 Å². The van der Waals surface area contributed by atoms with Crippen LogP contribution in [0, 0.1) is 6.92 Å². The van der Waals surface area contributed by atoms with Gasteiger partial charge in [0.1, 0.15) is 4.99 Å². The molecule has 0 saturated carbocycles. The summed E-state index contributed by atoms with van der Waals surface area (Å²) in [5.41, 5.74) is 9.27. The Hall–Kier alpha value is -1.13. The number of nitrogens with two attached hydrogens (primary N) is 1. The van der Waals surface area contributed by atoms with Crippen LogP contribution in [0.1, 0.15) is 18.1 Å². The van der Waals surface area contributed by atoms with Crippen LogP contribution in [0.4, 0.5) is 5.69 Å². The average Bonchev–Trinajstić information content (AvgIpc) is 2.38. The molecule has 18 heavy (non-hydrogen) atoms. The van der Waals surface area contributed by atoms with E-state index >= 15 is 0 Å². The van der Waals surface area contributed by atoms with Crippen molar-refractivity contribution < 1.29 is 0 Å².